The van der Waals surface area contributed by atoms with Gasteiger partial charge in [0, 0.05) is 44.3 Å². The number of H-pyrrole nitrogens is 1. The number of rotatable bonds is 15. The first-order valence-corrected chi connectivity index (χ1v) is 18.1. The van der Waals surface area contributed by atoms with Crippen molar-refractivity contribution in [3.05, 3.63) is 95.9 Å². The maximum atomic E-state index is 14.6. The zero-order valence-corrected chi connectivity index (χ0v) is 30.6. The predicted molar refractivity (Wildman–Crippen MR) is 200 cm³/mol. The molecule has 2 saturated heterocycles. The summed E-state index contributed by atoms with van der Waals surface area (Å²) in [6, 6.07) is 22.5. The fourth-order valence-corrected chi connectivity index (χ4v) is 7.97. The van der Waals surface area contributed by atoms with Crippen molar-refractivity contribution in [2.45, 2.75) is 51.2 Å². The van der Waals surface area contributed by atoms with Crippen LogP contribution in [-0.2, 0) is 24.3 Å². The minimum Gasteiger partial charge on any atom is -0.497 e. The maximum absolute atomic E-state index is 14.6. The highest BCUT2D eigenvalue weighted by molar-refractivity contribution is 5.85. The van der Waals surface area contributed by atoms with Gasteiger partial charge in [-0.3, -0.25) is 4.79 Å². The summed E-state index contributed by atoms with van der Waals surface area (Å²) in [6.07, 6.45) is 7.81. The smallest absolute Gasteiger partial charge is 0.229 e. The van der Waals surface area contributed by atoms with E-state index in [1.807, 2.05) is 59.7 Å². The molecule has 2 aliphatic heterocycles. The molecule has 0 bridgehead atoms. The highest BCUT2D eigenvalue weighted by atomic mass is 16.5. The number of fused-ring (bicyclic) bond motifs is 1. The van der Waals surface area contributed by atoms with Crippen LogP contribution < -0.4 is 23.8 Å². The van der Waals surface area contributed by atoms with E-state index in [0.29, 0.717) is 42.8 Å². The van der Waals surface area contributed by atoms with Crippen molar-refractivity contribution >= 4 is 22.9 Å². The van der Waals surface area contributed by atoms with E-state index >= 15 is 0 Å². The predicted octanol–water partition coefficient (Wildman–Crippen LogP) is 6.71. The number of hydrogen-bond donors (Lipinski definition) is 1. The lowest BCUT2D eigenvalue weighted by molar-refractivity contribution is -0.137. The molecular weight excluding hydrogens is 658 g/mol. The number of ether oxygens (including phenoxy) is 4. The number of anilines is 1. The second kappa shape index (κ2) is 15.6. The molecule has 2 fully saturated rings. The Hall–Kier alpha value is -5.16. The first-order chi connectivity index (χ1) is 25.4. The minimum absolute atomic E-state index is 0.197. The number of aromatic amines is 1. The molecule has 7 rings (SSSR count). The quantitative estimate of drug-likeness (QED) is 0.127. The van der Waals surface area contributed by atoms with Crippen LogP contribution in [0.4, 0.5) is 5.95 Å². The van der Waals surface area contributed by atoms with E-state index < -0.39 is 5.41 Å². The van der Waals surface area contributed by atoms with Gasteiger partial charge >= 0.3 is 0 Å². The van der Waals surface area contributed by atoms with Gasteiger partial charge in [0.2, 0.25) is 17.6 Å². The van der Waals surface area contributed by atoms with Gasteiger partial charge in [0.1, 0.15) is 5.75 Å². The average molecular weight is 708 g/mol. The zero-order valence-electron chi connectivity index (χ0n) is 30.6. The van der Waals surface area contributed by atoms with Crippen LogP contribution in [0.5, 0.6) is 23.0 Å². The Labute approximate surface area is 305 Å². The van der Waals surface area contributed by atoms with Crippen LogP contribution in [-0.4, -0.2) is 86.3 Å². The minimum atomic E-state index is -0.506. The third kappa shape index (κ3) is 7.41. The number of aromatic nitrogens is 2. The van der Waals surface area contributed by atoms with Crippen LogP contribution in [0.25, 0.3) is 11.0 Å². The number of likely N-dealkylation sites (tertiary alicyclic amines) is 2. The SMILES string of the molecule is COc1ccc(CC2(CCN3CCC(N(Cc4ccoc4)c4nc5ccccc5[nH]4)CC3)CCN(Cc3cc(OC)c(OC)c(OC)c3)C2=O)cc1. The van der Waals surface area contributed by atoms with E-state index in [2.05, 4.69) is 33.0 Å². The van der Waals surface area contributed by atoms with Crippen LogP contribution in [0.3, 0.4) is 0 Å². The fraction of sp³-hybridized carbons (Fsp3) is 0.415. The van der Waals surface area contributed by atoms with Gasteiger partial charge in [0.05, 0.1) is 57.4 Å². The van der Waals surface area contributed by atoms with Gasteiger partial charge in [-0.05, 0) is 92.2 Å². The van der Waals surface area contributed by atoms with Crippen molar-refractivity contribution in [2.24, 2.45) is 5.41 Å². The summed E-state index contributed by atoms with van der Waals surface area (Å²) >= 11 is 0. The van der Waals surface area contributed by atoms with Crippen molar-refractivity contribution in [2.75, 3.05) is 59.5 Å². The number of carbonyl (C=O) groups excluding carboxylic acids is 1. The molecule has 3 aromatic carbocycles. The molecule has 0 saturated carbocycles. The monoisotopic (exact) mass is 707 g/mol. The van der Waals surface area contributed by atoms with Crippen molar-refractivity contribution < 1.29 is 28.2 Å². The number of para-hydroxylation sites is 2. The number of amides is 1. The van der Waals surface area contributed by atoms with Crippen LogP contribution in [0.15, 0.2) is 83.7 Å². The summed E-state index contributed by atoms with van der Waals surface area (Å²) in [4.78, 5) is 30.0. The Morgan fingerprint density at radius 3 is 2.29 bits per heavy atom. The Morgan fingerprint density at radius 1 is 0.885 bits per heavy atom. The molecule has 1 amide bonds. The second-order valence-corrected chi connectivity index (χ2v) is 14.0. The van der Waals surface area contributed by atoms with Crippen molar-refractivity contribution in [3.8, 4) is 23.0 Å². The number of benzene rings is 3. The molecule has 0 spiro atoms. The molecule has 4 heterocycles. The summed E-state index contributed by atoms with van der Waals surface area (Å²) in [5.74, 6) is 3.61. The average Bonchev–Trinajstić information content (AvgIpc) is 3.93. The molecule has 2 aliphatic rings. The van der Waals surface area contributed by atoms with Gasteiger partial charge in [0.25, 0.3) is 0 Å². The third-order valence-electron chi connectivity index (χ3n) is 10.9. The van der Waals surface area contributed by atoms with E-state index in [-0.39, 0.29) is 5.91 Å². The summed E-state index contributed by atoms with van der Waals surface area (Å²) in [7, 11) is 6.49. The highest BCUT2D eigenvalue weighted by Crippen LogP contribution is 2.42. The second-order valence-electron chi connectivity index (χ2n) is 14.0. The maximum Gasteiger partial charge on any atom is 0.229 e. The van der Waals surface area contributed by atoms with Gasteiger partial charge in [-0.2, -0.15) is 0 Å². The number of imidazole rings is 1. The Kier molecular flexibility index (Phi) is 10.6. The van der Waals surface area contributed by atoms with Crippen LogP contribution in [0.1, 0.15) is 42.4 Å². The van der Waals surface area contributed by atoms with E-state index in [9.17, 15) is 4.79 Å². The zero-order chi connectivity index (χ0) is 36.1. The standard InChI is InChI=1S/C41H49N5O6/c1-48-33-11-9-29(10-12-33)25-41(17-21-45(39(41)47)26-31-23-36(49-2)38(51-4)37(24-31)50-3)16-20-44-18-13-32(14-19-44)46(27-30-15-22-52-28-30)40-42-34-7-5-6-8-35(34)43-40/h5-12,15,22-24,28,32H,13-14,16-21,25-27H2,1-4H3,(H,42,43). The molecule has 1 N–H and O–H groups in total. The summed E-state index contributed by atoms with van der Waals surface area (Å²) < 4.78 is 27.6. The molecular formula is C41H49N5O6. The van der Waals surface area contributed by atoms with E-state index in [0.717, 1.165) is 91.3 Å². The number of furan rings is 1. The number of piperidine rings is 1. The summed E-state index contributed by atoms with van der Waals surface area (Å²) in [6.45, 7) is 4.65. The lowest BCUT2D eigenvalue weighted by Crippen LogP contribution is -2.46. The topological polar surface area (TPSA) is 106 Å². The number of methoxy groups -OCH3 is 4. The number of hydrogen-bond acceptors (Lipinski definition) is 9. The van der Waals surface area contributed by atoms with Crippen LogP contribution in [0, 0.1) is 5.41 Å². The molecule has 274 valence electrons. The van der Waals surface area contributed by atoms with Gasteiger partial charge in [-0.15, -0.1) is 0 Å². The molecule has 1 atom stereocenters. The number of carbonyl (C=O) groups is 1. The van der Waals surface area contributed by atoms with Gasteiger partial charge in [-0.25, -0.2) is 4.98 Å². The third-order valence-corrected chi connectivity index (χ3v) is 10.9. The molecule has 5 aromatic rings. The molecule has 1 unspecified atom stereocenters. The Bertz CT molecular complexity index is 1880. The lowest BCUT2D eigenvalue weighted by atomic mass is 9.77. The Balaban J connectivity index is 1.06. The largest absolute Gasteiger partial charge is 0.497 e. The summed E-state index contributed by atoms with van der Waals surface area (Å²) in [5, 5.41) is 0. The molecule has 0 radical (unpaired) electrons. The van der Waals surface area contributed by atoms with Crippen molar-refractivity contribution in [1.29, 1.82) is 0 Å². The first-order valence-electron chi connectivity index (χ1n) is 18.1. The van der Waals surface area contributed by atoms with E-state index in [1.165, 1.54) is 0 Å². The van der Waals surface area contributed by atoms with E-state index in [1.54, 1.807) is 34.7 Å². The van der Waals surface area contributed by atoms with Gasteiger partial charge in [-0.1, -0.05) is 24.3 Å². The van der Waals surface area contributed by atoms with E-state index in [4.69, 9.17) is 28.3 Å². The highest BCUT2D eigenvalue weighted by Gasteiger charge is 2.46. The molecule has 2 aromatic heterocycles. The fourth-order valence-electron chi connectivity index (χ4n) is 7.97. The molecule has 11 heteroatoms. The Morgan fingerprint density at radius 2 is 1.63 bits per heavy atom. The number of nitrogens with zero attached hydrogens (tertiary/aromatic N) is 4. The number of nitrogens with one attached hydrogen (secondary N) is 1. The van der Waals surface area contributed by atoms with Gasteiger partial charge in [0.15, 0.2) is 11.5 Å². The van der Waals surface area contributed by atoms with Crippen molar-refractivity contribution in [3.63, 3.8) is 0 Å². The molecule has 0 aliphatic carbocycles. The molecule has 52 heavy (non-hydrogen) atoms. The van der Waals surface area contributed by atoms with Crippen LogP contribution >= 0.6 is 0 Å². The lowest BCUT2D eigenvalue weighted by Gasteiger charge is -2.39. The molecule has 11 nitrogen and oxygen atoms in total. The van der Waals surface area contributed by atoms with Crippen molar-refractivity contribution in [1.82, 2.24) is 19.8 Å². The first kappa shape index (κ1) is 35.3. The normalized spacial score (nSPS) is 18.2. The summed E-state index contributed by atoms with van der Waals surface area (Å²) in [5.41, 5.74) is 4.70. The van der Waals surface area contributed by atoms with Crippen LogP contribution in [0.2, 0.25) is 0 Å². The van der Waals surface area contributed by atoms with Gasteiger partial charge < -0.3 is 43.0 Å².